The Labute approximate surface area is 181 Å². The van der Waals surface area contributed by atoms with Gasteiger partial charge in [-0.25, -0.2) is 4.79 Å². The largest absolute Gasteiger partial charge is 0.494 e. The van der Waals surface area contributed by atoms with Gasteiger partial charge in [-0.05, 0) is 84.8 Å². The average Bonchev–Trinajstić information content (AvgIpc) is 2.80. The number of ether oxygens (including phenoxy) is 2. The summed E-state index contributed by atoms with van der Waals surface area (Å²) in [5.74, 6) is 0.789. The van der Waals surface area contributed by atoms with E-state index in [1.165, 1.54) is 0 Å². The average molecular weight is 410 g/mol. The number of benzene rings is 4. The molecule has 4 aromatic carbocycles. The molecule has 0 saturated carbocycles. The van der Waals surface area contributed by atoms with Crippen LogP contribution in [0.15, 0.2) is 95.2 Å². The van der Waals surface area contributed by atoms with Crippen LogP contribution in [0.2, 0.25) is 0 Å². The Bertz CT molecular complexity index is 1250. The van der Waals surface area contributed by atoms with Crippen molar-refractivity contribution in [2.24, 2.45) is 10.2 Å². The minimum atomic E-state index is -0.420. The third-order valence-electron chi connectivity index (χ3n) is 4.78. The van der Waals surface area contributed by atoms with Crippen LogP contribution in [0.25, 0.3) is 10.8 Å². The Balaban J connectivity index is 1.45. The molecule has 0 amide bonds. The fourth-order valence-electron chi connectivity index (χ4n) is 3.18. The Morgan fingerprint density at radius 1 is 0.806 bits per heavy atom. The molecule has 0 aliphatic rings. The first-order valence-corrected chi connectivity index (χ1v) is 10.1. The molecule has 0 atom stereocenters. The third kappa shape index (κ3) is 4.95. The molecule has 5 nitrogen and oxygen atoms in total. The molecule has 5 heteroatoms. The number of hydrogen-bond donors (Lipinski definition) is 0. The molecule has 0 saturated heterocycles. The van der Waals surface area contributed by atoms with Gasteiger partial charge in [-0.2, -0.15) is 10.2 Å². The second-order valence-corrected chi connectivity index (χ2v) is 7.03. The summed E-state index contributed by atoms with van der Waals surface area (Å²) in [6, 6.07) is 26.3. The van der Waals surface area contributed by atoms with Gasteiger partial charge in [-0.1, -0.05) is 30.3 Å². The van der Waals surface area contributed by atoms with E-state index in [0.29, 0.717) is 23.6 Å². The number of azo groups is 1. The molecule has 0 aromatic heterocycles. The summed E-state index contributed by atoms with van der Waals surface area (Å²) in [5, 5.41) is 10.9. The van der Waals surface area contributed by atoms with Crippen LogP contribution < -0.4 is 9.47 Å². The van der Waals surface area contributed by atoms with Crippen molar-refractivity contribution in [2.45, 2.75) is 13.8 Å². The van der Waals surface area contributed by atoms with Gasteiger partial charge in [-0.3, -0.25) is 0 Å². The van der Waals surface area contributed by atoms with Gasteiger partial charge >= 0.3 is 5.97 Å². The van der Waals surface area contributed by atoms with E-state index in [1.54, 1.807) is 36.4 Å². The van der Waals surface area contributed by atoms with E-state index in [0.717, 1.165) is 27.8 Å². The van der Waals surface area contributed by atoms with Crippen molar-refractivity contribution in [3.05, 3.63) is 96.1 Å². The highest BCUT2D eigenvalue weighted by Gasteiger charge is 2.11. The van der Waals surface area contributed by atoms with Gasteiger partial charge in [0.05, 0.1) is 23.5 Å². The minimum Gasteiger partial charge on any atom is -0.494 e. The molecule has 0 aliphatic carbocycles. The highest BCUT2D eigenvalue weighted by molar-refractivity contribution is 5.91. The molecule has 31 heavy (non-hydrogen) atoms. The van der Waals surface area contributed by atoms with Crippen LogP contribution in [0.5, 0.6) is 11.5 Å². The Hall–Kier alpha value is -3.99. The number of nitrogens with zero attached hydrogens (tertiary/aromatic N) is 2. The van der Waals surface area contributed by atoms with Gasteiger partial charge < -0.3 is 9.47 Å². The lowest BCUT2D eigenvalue weighted by atomic mass is 10.1. The number of aryl methyl sites for hydroxylation is 1. The summed E-state index contributed by atoms with van der Waals surface area (Å²) < 4.78 is 10.9. The van der Waals surface area contributed by atoms with E-state index < -0.39 is 5.97 Å². The van der Waals surface area contributed by atoms with Gasteiger partial charge in [0.25, 0.3) is 0 Å². The topological polar surface area (TPSA) is 60.2 Å². The van der Waals surface area contributed by atoms with Crippen molar-refractivity contribution in [3.63, 3.8) is 0 Å². The Morgan fingerprint density at radius 3 is 2.19 bits per heavy atom. The zero-order valence-electron chi connectivity index (χ0n) is 17.4. The first-order valence-electron chi connectivity index (χ1n) is 10.1. The van der Waals surface area contributed by atoms with Crippen LogP contribution in [0.3, 0.4) is 0 Å². The smallest absolute Gasteiger partial charge is 0.343 e. The van der Waals surface area contributed by atoms with E-state index >= 15 is 0 Å². The molecule has 154 valence electrons. The highest BCUT2D eigenvalue weighted by Crippen LogP contribution is 2.27. The second-order valence-electron chi connectivity index (χ2n) is 7.03. The van der Waals surface area contributed by atoms with Crippen molar-refractivity contribution >= 4 is 28.1 Å². The molecule has 0 aliphatic heterocycles. The molecule has 0 bridgehead atoms. The zero-order valence-corrected chi connectivity index (χ0v) is 17.4. The monoisotopic (exact) mass is 410 g/mol. The predicted octanol–water partition coefficient (Wildman–Crippen LogP) is 7.18. The molecule has 0 spiro atoms. The van der Waals surface area contributed by atoms with E-state index in [4.69, 9.17) is 9.47 Å². The molecule has 0 N–H and O–H groups in total. The van der Waals surface area contributed by atoms with Gasteiger partial charge in [0.2, 0.25) is 0 Å². The maximum absolute atomic E-state index is 12.4. The van der Waals surface area contributed by atoms with Crippen molar-refractivity contribution in [2.75, 3.05) is 6.61 Å². The quantitative estimate of drug-likeness (QED) is 0.192. The lowest BCUT2D eigenvalue weighted by Crippen LogP contribution is -2.09. The lowest BCUT2D eigenvalue weighted by molar-refractivity contribution is 0.0733. The molecule has 0 heterocycles. The van der Waals surface area contributed by atoms with E-state index in [-0.39, 0.29) is 0 Å². The number of esters is 1. The molecular weight excluding hydrogens is 388 g/mol. The van der Waals surface area contributed by atoms with E-state index in [1.807, 2.05) is 56.3 Å². The van der Waals surface area contributed by atoms with Crippen LogP contribution >= 0.6 is 0 Å². The van der Waals surface area contributed by atoms with Gasteiger partial charge in [-0.15, -0.1) is 0 Å². The number of hydrogen-bond acceptors (Lipinski definition) is 5. The summed E-state index contributed by atoms with van der Waals surface area (Å²) in [5.41, 5.74) is 2.73. The maximum Gasteiger partial charge on any atom is 0.343 e. The standard InChI is InChI=1S/C26H22N2O3/c1-3-30-24-13-9-20(10-14-24)26(29)31-25-15-12-22(16-18(25)2)27-28-23-11-8-19-6-4-5-7-21(19)17-23/h4-17H,3H2,1-2H3. The van der Waals surface area contributed by atoms with E-state index in [9.17, 15) is 4.79 Å². The van der Waals surface area contributed by atoms with Crippen LogP contribution in [-0.2, 0) is 0 Å². The summed E-state index contributed by atoms with van der Waals surface area (Å²) in [6.07, 6.45) is 0. The van der Waals surface area contributed by atoms with Crippen LogP contribution in [0.4, 0.5) is 11.4 Å². The van der Waals surface area contributed by atoms with Crippen molar-refractivity contribution in [1.29, 1.82) is 0 Å². The Morgan fingerprint density at radius 2 is 1.48 bits per heavy atom. The molecular formula is C26H22N2O3. The molecule has 4 rings (SSSR count). The summed E-state index contributed by atoms with van der Waals surface area (Å²) in [6.45, 7) is 4.36. The van der Waals surface area contributed by atoms with Crippen LogP contribution in [0.1, 0.15) is 22.8 Å². The zero-order chi connectivity index (χ0) is 21.6. The molecule has 0 fully saturated rings. The number of rotatable bonds is 6. The minimum absolute atomic E-state index is 0.420. The fraction of sp³-hybridized carbons (Fsp3) is 0.115. The summed E-state index contributed by atoms with van der Waals surface area (Å²) in [7, 11) is 0. The maximum atomic E-state index is 12.4. The summed E-state index contributed by atoms with van der Waals surface area (Å²) >= 11 is 0. The van der Waals surface area contributed by atoms with E-state index in [2.05, 4.69) is 16.3 Å². The Kier molecular flexibility index (Phi) is 6.03. The first-order chi connectivity index (χ1) is 15.1. The lowest BCUT2D eigenvalue weighted by Gasteiger charge is -2.08. The van der Waals surface area contributed by atoms with Crippen LogP contribution in [0, 0.1) is 6.92 Å². The summed E-state index contributed by atoms with van der Waals surface area (Å²) in [4.78, 5) is 12.4. The molecule has 4 aromatic rings. The highest BCUT2D eigenvalue weighted by atomic mass is 16.5. The number of carbonyl (C=O) groups is 1. The van der Waals surface area contributed by atoms with Gasteiger partial charge in [0.15, 0.2) is 0 Å². The second kappa shape index (κ2) is 9.22. The van der Waals surface area contributed by atoms with Crippen LogP contribution in [-0.4, -0.2) is 12.6 Å². The fourth-order valence-corrected chi connectivity index (χ4v) is 3.18. The van der Waals surface area contributed by atoms with Crippen molar-refractivity contribution < 1.29 is 14.3 Å². The number of carbonyl (C=O) groups excluding carboxylic acids is 1. The first kappa shape index (κ1) is 20.3. The number of fused-ring (bicyclic) bond motifs is 1. The third-order valence-corrected chi connectivity index (χ3v) is 4.78. The van der Waals surface area contributed by atoms with Gasteiger partial charge in [0.1, 0.15) is 11.5 Å². The normalized spacial score (nSPS) is 11.0. The molecule has 0 unspecified atom stereocenters. The van der Waals surface area contributed by atoms with Crippen molar-refractivity contribution in [3.8, 4) is 11.5 Å². The van der Waals surface area contributed by atoms with Gasteiger partial charge in [0, 0.05) is 0 Å². The SMILES string of the molecule is CCOc1ccc(C(=O)Oc2ccc(N=Nc3ccc4ccccc4c3)cc2C)cc1. The molecule has 0 radical (unpaired) electrons. The predicted molar refractivity (Wildman–Crippen MR) is 122 cm³/mol. The van der Waals surface area contributed by atoms with Crippen molar-refractivity contribution in [1.82, 2.24) is 0 Å².